The van der Waals surface area contributed by atoms with E-state index in [9.17, 15) is 4.79 Å². The average molecular weight is 245 g/mol. The number of carbonyl (C=O) groups is 1. The summed E-state index contributed by atoms with van der Waals surface area (Å²) in [4.78, 5) is 18.1. The van der Waals surface area contributed by atoms with Gasteiger partial charge >= 0.3 is 6.03 Å². The molecule has 4 heteroatoms. The molecule has 0 bridgehead atoms. The second-order valence-corrected chi connectivity index (χ2v) is 5.49. The summed E-state index contributed by atoms with van der Waals surface area (Å²) in [7, 11) is 0. The van der Waals surface area contributed by atoms with Gasteiger partial charge in [-0.1, -0.05) is 25.3 Å². The van der Waals surface area contributed by atoms with Gasteiger partial charge in [-0.3, -0.25) is 4.98 Å². The van der Waals surface area contributed by atoms with Crippen LogP contribution in [-0.4, -0.2) is 28.0 Å². The van der Waals surface area contributed by atoms with Crippen molar-refractivity contribution in [3.63, 3.8) is 0 Å². The number of amides is 2. The Morgan fingerprint density at radius 1 is 1.33 bits per heavy atom. The highest BCUT2D eigenvalue weighted by atomic mass is 16.2. The average Bonchev–Trinajstić information content (AvgIpc) is 2.68. The molecule has 1 N–H and O–H groups in total. The van der Waals surface area contributed by atoms with E-state index in [0.29, 0.717) is 6.54 Å². The highest BCUT2D eigenvalue weighted by molar-refractivity contribution is 5.78. The number of urea groups is 1. The Hall–Kier alpha value is -1.58. The molecule has 0 radical (unpaired) electrons. The fourth-order valence-corrected chi connectivity index (χ4v) is 3.13. The first-order valence-electron chi connectivity index (χ1n) is 6.73. The van der Waals surface area contributed by atoms with Crippen molar-refractivity contribution in [3.8, 4) is 0 Å². The molecular formula is C14H19N3O. The van der Waals surface area contributed by atoms with Crippen LogP contribution in [0.4, 0.5) is 4.79 Å². The number of hydrogen-bond acceptors (Lipinski definition) is 2. The molecule has 0 atom stereocenters. The van der Waals surface area contributed by atoms with E-state index in [0.717, 1.165) is 24.9 Å². The van der Waals surface area contributed by atoms with Gasteiger partial charge in [-0.2, -0.15) is 0 Å². The van der Waals surface area contributed by atoms with Crippen LogP contribution in [0.5, 0.6) is 0 Å². The first-order valence-corrected chi connectivity index (χ1v) is 6.73. The van der Waals surface area contributed by atoms with Crippen LogP contribution in [-0.2, 0) is 6.54 Å². The third-order valence-electron chi connectivity index (χ3n) is 4.06. The molecule has 2 aliphatic rings. The zero-order valence-corrected chi connectivity index (χ0v) is 10.6. The van der Waals surface area contributed by atoms with Crippen molar-refractivity contribution in [2.45, 2.75) is 44.2 Å². The molecule has 1 saturated heterocycles. The van der Waals surface area contributed by atoms with E-state index < -0.39 is 0 Å². The number of aromatic nitrogens is 1. The highest BCUT2D eigenvalue weighted by Crippen LogP contribution is 2.32. The standard InChI is InChI=1S/C14H19N3O/c18-13-16-14(6-2-1-3-7-14)11-17(13)10-12-5-4-8-15-9-12/h4-5,8-9H,1-3,6-7,10-11H2,(H,16,18). The SMILES string of the molecule is O=C1NC2(CCCCC2)CN1Cc1cccnc1. The van der Waals surface area contributed by atoms with Gasteiger partial charge in [0, 0.05) is 25.5 Å². The Morgan fingerprint density at radius 2 is 2.17 bits per heavy atom. The van der Waals surface area contributed by atoms with Gasteiger partial charge in [0.1, 0.15) is 0 Å². The zero-order chi connectivity index (χ0) is 12.4. The fourth-order valence-electron chi connectivity index (χ4n) is 3.13. The van der Waals surface area contributed by atoms with Gasteiger partial charge in [0.2, 0.25) is 0 Å². The Bertz CT molecular complexity index is 426. The number of nitrogens with zero attached hydrogens (tertiary/aromatic N) is 2. The van der Waals surface area contributed by atoms with E-state index in [2.05, 4.69) is 10.3 Å². The first kappa shape index (κ1) is 11.5. The summed E-state index contributed by atoms with van der Waals surface area (Å²) in [6.45, 7) is 1.52. The lowest BCUT2D eigenvalue weighted by Crippen LogP contribution is -2.44. The third-order valence-corrected chi connectivity index (χ3v) is 4.06. The summed E-state index contributed by atoms with van der Waals surface area (Å²) in [5.41, 5.74) is 1.15. The molecule has 3 rings (SSSR count). The summed E-state index contributed by atoms with van der Waals surface area (Å²) < 4.78 is 0. The van der Waals surface area contributed by atoms with E-state index in [1.54, 1.807) is 6.20 Å². The van der Waals surface area contributed by atoms with Crippen molar-refractivity contribution >= 4 is 6.03 Å². The largest absolute Gasteiger partial charge is 0.331 e. The summed E-state index contributed by atoms with van der Waals surface area (Å²) in [6.07, 6.45) is 9.63. The molecule has 0 aromatic carbocycles. The zero-order valence-electron chi connectivity index (χ0n) is 10.6. The lowest BCUT2D eigenvalue weighted by atomic mass is 9.82. The lowest BCUT2D eigenvalue weighted by Gasteiger charge is -2.32. The van der Waals surface area contributed by atoms with Crippen molar-refractivity contribution in [3.05, 3.63) is 30.1 Å². The van der Waals surface area contributed by atoms with E-state index >= 15 is 0 Å². The number of nitrogens with one attached hydrogen (secondary N) is 1. The van der Waals surface area contributed by atoms with Gasteiger partial charge in [0.25, 0.3) is 0 Å². The van der Waals surface area contributed by atoms with Crippen molar-refractivity contribution in [1.82, 2.24) is 15.2 Å². The van der Waals surface area contributed by atoms with Crippen LogP contribution in [0.2, 0.25) is 0 Å². The fraction of sp³-hybridized carbons (Fsp3) is 0.571. The number of pyridine rings is 1. The van der Waals surface area contributed by atoms with E-state index in [1.807, 2.05) is 23.2 Å². The van der Waals surface area contributed by atoms with E-state index in [1.165, 1.54) is 19.3 Å². The van der Waals surface area contributed by atoms with Crippen molar-refractivity contribution < 1.29 is 4.79 Å². The number of rotatable bonds is 2. The Balaban J connectivity index is 1.69. The molecule has 1 spiro atoms. The molecular weight excluding hydrogens is 226 g/mol. The van der Waals surface area contributed by atoms with E-state index in [4.69, 9.17) is 0 Å². The molecule has 0 unspecified atom stereocenters. The van der Waals surface area contributed by atoms with Gasteiger partial charge < -0.3 is 10.2 Å². The second kappa shape index (κ2) is 4.59. The minimum absolute atomic E-state index is 0.0531. The molecule has 4 nitrogen and oxygen atoms in total. The molecule has 2 fully saturated rings. The number of carbonyl (C=O) groups excluding carboxylic acids is 1. The smallest absolute Gasteiger partial charge is 0.318 e. The Kier molecular flexibility index (Phi) is 2.94. The van der Waals surface area contributed by atoms with Gasteiger partial charge in [-0.15, -0.1) is 0 Å². The molecule has 1 aromatic heterocycles. The van der Waals surface area contributed by atoms with Gasteiger partial charge in [0.15, 0.2) is 0 Å². The maximum absolute atomic E-state index is 12.0. The molecule has 1 aliphatic carbocycles. The van der Waals surface area contributed by atoms with Gasteiger partial charge in [0.05, 0.1) is 5.54 Å². The minimum atomic E-state index is 0.0531. The lowest BCUT2D eigenvalue weighted by molar-refractivity contribution is 0.215. The van der Waals surface area contributed by atoms with Crippen molar-refractivity contribution in [1.29, 1.82) is 0 Å². The van der Waals surface area contributed by atoms with E-state index in [-0.39, 0.29) is 11.6 Å². The van der Waals surface area contributed by atoms with Crippen LogP contribution in [0.15, 0.2) is 24.5 Å². The van der Waals surface area contributed by atoms with Gasteiger partial charge in [-0.05, 0) is 24.5 Å². The van der Waals surface area contributed by atoms with Crippen LogP contribution < -0.4 is 5.32 Å². The topological polar surface area (TPSA) is 45.2 Å². The Labute approximate surface area is 107 Å². The monoisotopic (exact) mass is 245 g/mol. The molecule has 1 saturated carbocycles. The maximum Gasteiger partial charge on any atom is 0.318 e. The molecule has 18 heavy (non-hydrogen) atoms. The Morgan fingerprint density at radius 3 is 2.89 bits per heavy atom. The highest BCUT2D eigenvalue weighted by Gasteiger charge is 2.42. The molecule has 2 amide bonds. The first-order chi connectivity index (χ1) is 8.77. The van der Waals surface area contributed by atoms with Crippen LogP contribution in [0, 0.1) is 0 Å². The predicted octanol–water partition coefficient (Wildman–Crippen LogP) is 2.31. The predicted molar refractivity (Wildman–Crippen MR) is 69.0 cm³/mol. The molecule has 1 aliphatic heterocycles. The van der Waals surface area contributed by atoms with Crippen LogP contribution in [0.3, 0.4) is 0 Å². The number of hydrogen-bond donors (Lipinski definition) is 1. The summed E-state index contributed by atoms with van der Waals surface area (Å²) in [5.74, 6) is 0. The quantitative estimate of drug-likeness (QED) is 0.869. The minimum Gasteiger partial charge on any atom is -0.331 e. The summed E-state index contributed by atoms with van der Waals surface area (Å²) in [6, 6.07) is 4.02. The second-order valence-electron chi connectivity index (χ2n) is 5.49. The normalized spacial score (nSPS) is 22.2. The molecule has 2 heterocycles. The molecule has 96 valence electrons. The molecule has 1 aromatic rings. The van der Waals surface area contributed by atoms with Crippen molar-refractivity contribution in [2.24, 2.45) is 0 Å². The van der Waals surface area contributed by atoms with Crippen LogP contribution in [0.1, 0.15) is 37.7 Å². The summed E-state index contributed by atoms with van der Waals surface area (Å²) in [5, 5.41) is 3.21. The van der Waals surface area contributed by atoms with Gasteiger partial charge in [-0.25, -0.2) is 4.79 Å². The summed E-state index contributed by atoms with van der Waals surface area (Å²) >= 11 is 0. The third kappa shape index (κ3) is 2.19. The van der Waals surface area contributed by atoms with Crippen molar-refractivity contribution in [2.75, 3.05) is 6.54 Å². The van der Waals surface area contributed by atoms with Crippen LogP contribution >= 0.6 is 0 Å². The maximum atomic E-state index is 12.0. The van der Waals surface area contributed by atoms with Crippen LogP contribution in [0.25, 0.3) is 0 Å².